The van der Waals surface area contributed by atoms with E-state index < -0.39 is 47.4 Å². The molecule has 0 radical (unpaired) electrons. The van der Waals surface area contributed by atoms with Crippen LogP contribution in [-0.4, -0.2) is 105 Å². The van der Waals surface area contributed by atoms with Crippen molar-refractivity contribution in [3.63, 3.8) is 0 Å². The van der Waals surface area contributed by atoms with Crippen LogP contribution in [0.25, 0.3) is 10.9 Å². The number of hydrazine groups is 1. The molecular weight excluding hydrogens is 839 g/mol. The summed E-state index contributed by atoms with van der Waals surface area (Å²) >= 11 is -4.87. The van der Waals surface area contributed by atoms with Gasteiger partial charge in [-0.2, -0.15) is 0 Å². The number of esters is 1. The summed E-state index contributed by atoms with van der Waals surface area (Å²) in [4.78, 5) is 37.0. The monoisotopic (exact) mass is 899 g/mol. The maximum atomic E-state index is 14.9. The number of carbonyl (C=O) groups is 2. The fraction of sp³-hybridized carbons (Fsp3) is 0.581. The van der Waals surface area contributed by atoms with E-state index in [0.29, 0.717) is 75.0 Å². The number of aromatic nitrogens is 1. The molecule has 2 saturated heterocycles. The van der Waals surface area contributed by atoms with E-state index in [0.717, 1.165) is 60.2 Å². The molecule has 2 aromatic carbocycles. The molecule has 8 N–H and O–H groups in total. The molecule has 3 unspecified atom stereocenters. The summed E-state index contributed by atoms with van der Waals surface area (Å²) in [7, 11) is 3.05. The van der Waals surface area contributed by atoms with E-state index in [9.17, 15) is 23.2 Å². The number of hydrogen-bond donors (Lipinski definition) is 7. The Morgan fingerprint density at radius 3 is 2.65 bits per heavy atom. The number of para-hydroxylation sites is 1. The number of halogens is 1. The second kappa shape index (κ2) is 15.4. The summed E-state index contributed by atoms with van der Waals surface area (Å²) in [5, 5.41) is 28.9. The fourth-order valence-electron chi connectivity index (χ4n) is 11.3. The molecule has 14 heteroatoms. The van der Waals surface area contributed by atoms with Crippen LogP contribution >= 0.6 is 0 Å². The third-order valence-electron chi connectivity index (χ3n) is 14.2. The number of nitrogens with one attached hydrogen (secondary N) is 3. The van der Waals surface area contributed by atoms with E-state index in [1.54, 1.807) is 7.11 Å². The van der Waals surface area contributed by atoms with Crippen LogP contribution in [0.2, 0.25) is 0 Å². The number of rotatable bonds is 6. The quantitative estimate of drug-likeness (QED) is 0.0215. The van der Waals surface area contributed by atoms with Crippen molar-refractivity contribution in [2.24, 2.45) is 17.2 Å². The summed E-state index contributed by atoms with van der Waals surface area (Å²) in [5.74, 6) is 5.85. The number of nitrogens with zero attached hydrogens (tertiary/aromatic N) is 2. The van der Waals surface area contributed by atoms with Crippen LogP contribution in [0.15, 0.2) is 48.6 Å². The second-order valence-electron chi connectivity index (χ2n) is 17.1. The zero-order chi connectivity index (χ0) is 40.3. The molecule has 3 aromatic rings. The number of amides is 1. The number of aliphatic hydroxyl groups excluding tert-OH is 1. The molecule has 57 heavy (non-hydrogen) atoms. The molecule has 0 spiro atoms. The van der Waals surface area contributed by atoms with Crippen molar-refractivity contribution in [1.82, 2.24) is 20.2 Å². The molecule has 1 amide bonds. The van der Waals surface area contributed by atoms with Gasteiger partial charge in [0.25, 0.3) is 0 Å². The normalized spacial score (nSPS) is 36.4. The van der Waals surface area contributed by atoms with Crippen molar-refractivity contribution in [3.05, 3.63) is 70.9 Å². The van der Waals surface area contributed by atoms with Crippen LogP contribution in [0.5, 0.6) is 5.75 Å². The second-order valence-corrected chi connectivity index (χ2v) is 24.4. The Labute approximate surface area is 339 Å². The minimum atomic E-state index is -4.87. The van der Waals surface area contributed by atoms with Gasteiger partial charge < -0.3 is 0 Å². The Morgan fingerprint density at radius 1 is 1.11 bits per heavy atom. The summed E-state index contributed by atoms with van der Waals surface area (Å²) in [6.45, 7) is 7.63. The predicted octanol–water partition coefficient (Wildman–Crippen LogP) is 0.933. The molecule has 5 aliphatic heterocycles. The van der Waals surface area contributed by atoms with Crippen LogP contribution in [0.1, 0.15) is 74.8 Å². The van der Waals surface area contributed by atoms with Crippen molar-refractivity contribution in [1.29, 1.82) is 0 Å². The minimum absolute atomic E-state index is 0.0190. The molecule has 0 saturated carbocycles. The number of piperidine rings is 1. The first kappa shape index (κ1) is 40.5. The van der Waals surface area contributed by atoms with Gasteiger partial charge in [0, 0.05) is 0 Å². The number of fused-ring (bicyclic) bond motifs is 7. The fourth-order valence-corrected chi connectivity index (χ4v) is 18.7. The summed E-state index contributed by atoms with van der Waals surface area (Å²) in [5.41, 5.74) is 4.84. The van der Waals surface area contributed by atoms with Crippen LogP contribution in [0.3, 0.4) is 0 Å². The number of anilines is 1. The molecule has 13 nitrogen and oxygen atoms in total. The van der Waals surface area contributed by atoms with Gasteiger partial charge in [0.05, 0.1) is 0 Å². The van der Waals surface area contributed by atoms with Crippen molar-refractivity contribution in [2.45, 2.75) is 96.9 Å². The molecule has 8 rings (SSSR count). The number of H-pyrrole nitrogens is 1. The number of aromatic amines is 1. The standard InChI is InChI=1S/C43H60IN6O7/c1-5-41(54)22-27-23-43(39(52)57-4,24-34-30(14-18-49(25-27)26-41)29-12-7-8-13-32(29)46-34)31-19-28-11-9-16-50-17-10-15-42(6-2)36(50)21-37(47-33(28)20-35(31)56-3)44(55,38(42)51)40(53)48-45/h7-8,10,12-13,15,19-20,27,36-38,46-47,51,54-55H,5-6,9,11,14,16-18,21-26,45H2,1-4H3,(H,48,53)/q-1/t27-,36+,37+,38+,41-,42+,43?/m0/s1. The van der Waals surface area contributed by atoms with Gasteiger partial charge >= 0.3 is 322 Å². The Hall–Kier alpha value is -3.25. The van der Waals surface area contributed by atoms with Crippen LogP contribution in [0.4, 0.5) is 10.5 Å². The topological polar surface area (TPSA) is 186 Å². The van der Waals surface area contributed by atoms with Crippen LogP contribution < -0.4 is 40.2 Å². The number of carbonyl (C=O) groups excluding carboxylic acids is 2. The molecule has 0 aliphatic carbocycles. The average molecular weight is 900 g/mol. The first-order valence-corrected chi connectivity index (χ1v) is 25.1. The predicted molar refractivity (Wildman–Crippen MR) is 215 cm³/mol. The Morgan fingerprint density at radius 2 is 1.91 bits per heavy atom. The Bertz CT molecular complexity index is 2060. The molecule has 312 valence electrons. The number of aliphatic hydroxyl groups is 2. The first-order valence-electron chi connectivity index (χ1n) is 20.6. The van der Waals surface area contributed by atoms with Crippen LogP contribution in [-0.2, 0) is 34.2 Å². The molecule has 2 fully saturated rings. The van der Waals surface area contributed by atoms with Crippen molar-refractivity contribution in [3.8, 4) is 5.75 Å². The number of aryl methyl sites for hydroxylation is 1. The van der Waals surface area contributed by atoms with E-state index in [1.807, 2.05) is 38.1 Å². The van der Waals surface area contributed by atoms with Crippen molar-refractivity contribution in [2.75, 3.05) is 52.3 Å². The number of ether oxygens (including phenoxy) is 2. The number of hydrogen-bond acceptors (Lipinski definition) is 11. The van der Waals surface area contributed by atoms with E-state index >= 15 is 0 Å². The van der Waals surface area contributed by atoms with Gasteiger partial charge in [0.2, 0.25) is 0 Å². The average Bonchev–Trinajstić information content (AvgIpc) is 3.57. The van der Waals surface area contributed by atoms with Gasteiger partial charge in [-0.15, -0.1) is 0 Å². The summed E-state index contributed by atoms with van der Waals surface area (Å²) in [6, 6.07) is 12.2. The first-order chi connectivity index (χ1) is 27.4. The molecule has 9 atom stereocenters. The molecule has 6 heterocycles. The number of methoxy groups -OCH3 is 2. The molecule has 5 aliphatic rings. The molecule has 4 bridgehead atoms. The SMILES string of the molecule is CC[C@]1(O)C[C@@H]2CN(CCc3c([nH]c4ccccc34)CC(C(=O)OC)(c3cc4c(cc3OC)N[C@@H]3C[C@H]5N(CC=C[C@@]5(CC)[C@@H](O)[I-]3(O)C(=O)NN)CCC4)C2)C1. The van der Waals surface area contributed by atoms with E-state index in [4.69, 9.17) is 15.3 Å². The number of benzene rings is 2. The van der Waals surface area contributed by atoms with Gasteiger partial charge in [-0.3, -0.25) is 0 Å². The van der Waals surface area contributed by atoms with Gasteiger partial charge in [-0.05, 0) is 0 Å². The number of alkyl halides is 2. The van der Waals surface area contributed by atoms with Gasteiger partial charge in [0.15, 0.2) is 0 Å². The van der Waals surface area contributed by atoms with Crippen molar-refractivity contribution >= 4 is 26.5 Å². The van der Waals surface area contributed by atoms with E-state index in [-0.39, 0.29) is 17.9 Å². The zero-order valence-electron chi connectivity index (χ0n) is 33.7. The third-order valence-corrected chi connectivity index (χ3v) is 22.1. The Kier molecular flexibility index (Phi) is 11.0. The summed E-state index contributed by atoms with van der Waals surface area (Å²) in [6.07, 6.45) is 9.27. The molecule has 1 aromatic heterocycles. The van der Waals surface area contributed by atoms with Crippen molar-refractivity contribution < 1.29 is 51.6 Å². The van der Waals surface area contributed by atoms with E-state index in [1.165, 1.54) is 7.11 Å². The molecular formula is C43H60IN6O7-. The van der Waals surface area contributed by atoms with Crippen LogP contribution in [0, 0.1) is 11.3 Å². The maximum absolute atomic E-state index is 14.9. The van der Waals surface area contributed by atoms with Gasteiger partial charge in [-0.25, -0.2) is 0 Å². The van der Waals surface area contributed by atoms with E-state index in [2.05, 4.69) is 49.8 Å². The van der Waals surface area contributed by atoms with Gasteiger partial charge in [0.1, 0.15) is 0 Å². The summed E-state index contributed by atoms with van der Waals surface area (Å²) < 4.78 is 22.0. The van der Waals surface area contributed by atoms with Gasteiger partial charge in [-0.1, -0.05) is 19.1 Å². The third kappa shape index (κ3) is 6.57. The zero-order valence-corrected chi connectivity index (χ0v) is 35.8. The Balaban J connectivity index is 1.31. The number of nitrogens with two attached hydrogens (primary N) is 1.